The Balaban J connectivity index is 1.35. The molecule has 0 amide bonds. The Hall–Kier alpha value is -3.23. The molecule has 5 rings (SSSR count). The number of anilines is 1. The maximum Gasteiger partial charge on any atom is 0.150 e. The van der Waals surface area contributed by atoms with Gasteiger partial charge in [0.05, 0.1) is 5.69 Å². The molecule has 2 radical (unpaired) electrons. The highest BCUT2D eigenvalue weighted by atomic mass is 15.3. The van der Waals surface area contributed by atoms with Gasteiger partial charge >= 0.3 is 0 Å². The van der Waals surface area contributed by atoms with E-state index in [1.807, 2.05) is 36.5 Å². The minimum atomic E-state index is 0.00238. The summed E-state index contributed by atoms with van der Waals surface area (Å²) in [5.41, 5.74) is 11.1. The van der Waals surface area contributed by atoms with Gasteiger partial charge in [-0.3, -0.25) is 4.98 Å². The topological polar surface area (TPSA) is 84.4 Å². The van der Waals surface area contributed by atoms with Crippen LogP contribution in [0.15, 0.2) is 67.1 Å². The van der Waals surface area contributed by atoms with Crippen molar-refractivity contribution in [3.8, 4) is 0 Å². The van der Waals surface area contributed by atoms with Gasteiger partial charge < -0.3 is 16.0 Å². The fourth-order valence-corrected chi connectivity index (χ4v) is 4.58. The number of hydrogen-bond acceptors (Lipinski definition) is 6. The van der Waals surface area contributed by atoms with Crippen molar-refractivity contribution >= 4 is 24.8 Å². The molecule has 0 spiro atoms. The largest absolute Gasteiger partial charge is 0.366 e. The predicted molar refractivity (Wildman–Crippen MR) is 132 cm³/mol. The first-order valence-corrected chi connectivity index (χ1v) is 11.5. The van der Waals surface area contributed by atoms with E-state index in [-0.39, 0.29) is 6.04 Å². The van der Waals surface area contributed by atoms with Gasteiger partial charge in [-0.05, 0) is 42.0 Å². The number of piperidine rings is 1. The number of pyridine rings is 1. The summed E-state index contributed by atoms with van der Waals surface area (Å²) in [4.78, 5) is 11.6. The van der Waals surface area contributed by atoms with Crippen molar-refractivity contribution in [3.63, 3.8) is 0 Å². The van der Waals surface area contributed by atoms with Crippen LogP contribution in [0.1, 0.15) is 41.6 Å². The van der Waals surface area contributed by atoms with Crippen molar-refractivity contribution in [2.45, 2.75) is 31.3 Å². The molecule has 8 heteroatoms. The molecular weight excluding hydrogens is 409 g/mol. The summed E-state index contributed by atoms with van der Waals surface area (Å²) in [6.45, 7) is 3.47. The van der Waals surface area contributed by atoms with Gasteiger partial charge in [0.2, 0.25) is 0 Å². The van der Waals surface area contributed by atoms with Crippen LogP contribution >= 0.6 is 0 Å². The number of nitrogens with one attached hydrogen (secondary N) is 1. The Labute approximate surface area is 195 Å². The lowest BCUT2D eigenvalue weighted by Crippen LogP contribution is -2.39. The Morgan fingerprint density at radius 3 is 2.85 bits per heavy atom. The minimum Gasteiger partial charge on any atom is -0.366 e. The normalized spacial score (nSPS) is 17.8. The maximum absolute atomic E-state index is 6.51. The lowest BCUT2D eigenvalue weighted by atomic mass is 9.93. The highest BCUT2D eigenvalue weighted by Gasteiger charge is 2.25. The quantitative estimate of drug-likeness (QED) is 0.432. The molecule has 0 saturated carbocycles. The lowest BCUT2D eigenvalue weighted by Gasteiger charge is -2.34. The standard InChI is InChI=1S/C25H28BN7/c26-21-15-30-33-24(29-14-18-6-4-10-28-13-18)12-23(31-25(21)33)20-9-5-11-32(16-20)17-22(27)19-7-2-1-3-8-19/h1-4,6-8,10,12-13,15,20,22,29H,5,9,11,14,16-17,27H2. The van der Waals surface area contributed by atoms with E-state index in [2.05, 4.69) is 38.5 Å². The van der Waals surface area contributed by atoms with Gasteiger partial charge in [-0.2, -0.15) is 9.61 Å². The molecule has 1 aliphatic rings. The fourth-order valence-electron chi connectivity index (χ4n) is 4.58. The second-order valence-electron chi connectivity index (χ2n) is 8.73. The van der Waals surface area contributed by atoms with E-state index in [1.54, 1.807) is 16.9 Å². The van der Waals surface area contributed by atoms with E-state index < -0.39 is 0 Å². The van der Waals surface area contributed by atoms with E-state index in [0.29, 0.717) is 23.6 Å². The second-order valence-corrected chi connectivity index (χ2v) is 8.73. The summed E-state index contributed by atoms with van der Waals surface area (Å²) in [6, 6.07) is 16.4. The van der Waals surface area contributed by atoms with E-state index in [9.17, 15) is 0 Å². The van der Waals surface area contributed by atoms with Crippen molar-refractivity contribution in [1.29, 1.82) is 0 Å². The SMILES string of the molecule is [B]c1cnn2c(NCc3cccnc3)cc(C3CCCN(CC(N)c4ccccc4)C3)nc12. The number of fused-ring (bicyclic) bond motifs is 1. The van der Waals surface area contributed by atoms with E-state index in [1.165, 1.54) is 5.56 Å². The smallest absolute Gasteiger partial charge is 0.150 e. The third kappa shape index (κ3) is 4.92. The highest BCUT2D eigenvalue weighted by molar-refractivity contribution is 6.36. The van der Waals surface area contributed by atoms with Crippen molar-refractivity contribution in [1.82, 2.24) is 24.5 Å². The molecule has 1 fully saturated rings. The third-order valence-corrected chi connectivity index (χ3v) is 6.32. The molecule has 1 saturated heterocycles. The van der Waals surface area contributed by atoms with Gasteiger partial charge in [0.25, 0.3) is 0 Å². The molecule has 4 aromatic rings. The fraction of sp³-hybridized carbons (Fsp3) is 0.320. The molecule has 3 aromatic heterocycles. The van der Waals surface area contributed by atoms with Crippen LogP contribution in [-0.2, 0) is 6.54 Å². The monoisotopic (exact) mass is 437 g/mol. The molecule has 0 aliphatic carbocycles. The molecule has 2 unspecified atom stereocenters. The van der Waals surface area contributed by atoms with Crippen molar-refractivity contribution in [2.75, 3.05) is 25.0 Å². The molecule has 4 heterocycles. The third-order valence-electron chi connectivity index (χ3n) is 6.32. The highest BCUT2D eigenvalue weighted by Crippen LogP contribution is 2.28. The molecule has 1 aliphatic heterocycles. The van der Waals surface area contributed by atoms with Crippen molar-refractivity contribution in [2.24, 2.45) is 5.73 Å². The van der Waals surface area contributed by atoms with E-state index >= 15 is 0 Å². The number of nitrogens with two attached hydrogens (primary N) is 1. The minimum absolute atomic E-state index is 0.00238. The zero-order valence-electron chi connectivity index (χ0n) is 18.6. The second kappa shape index (κ2) is 9.73. The Kier molecular flexibility index (Phi) is 6.37. The summed E-state index contributed by atoms with van der Waals surface area (Å²) < 4.78 is 1.78. The van der Waals surface area contributed by atoms with Crippen LogP contribution in [0.2, 0.25) is 0 Å². The number of hydrogen-bond donors (Lipinski definition) is 2. The Morgan fingerprint density at radius 2 is 2.03 bits per heavy atom. The number of likely N-dealkylation sites (tertiary alicyclic amines) is 1. The molecule has 166 valence electrons. The molecule has 7 nitrogen and oxygen atoms in total. The molecule has 2 atom stereocenters. The van der Waals surface area contributed by atoms with E-state index in [4.69, 9.17) is 18.6 Å². The zero-order chi connectivity index (χ0) is 22.6. The first kappa shape index (κ1) is 21.6. The van der Waals surface area contributed by atoms with Crippen LogP contribution in [0.3, 0.4) is 0 Å². The molecule has 33 heavy (non-hydrogen) atoms. The molecule has 0 bridgehead atoms. The first-order valence-electron chi connectivity index (χ1n) is 11.5. The number of aromatic nitrogens is 4. The number of rotatable bonds is 7. The predicted octanol–water partition coefficient (Wildman–Crippen LogP) is 2.41. The Morgan fingerprint density at radius 1 is 1.15 bits per heavy atom. The molecule has 1 aromatic carbocycles. The Bertz CT molecular complexity index is 1200. The van der Waals surface area contributed by atoms with Crippen LogP contribution < -0.4 is 16.5 Å². The summed E-state index contributed by atoms with van der Waals surface area (Å²) in [5, 5.41) is 7.92. The van der Waals surface area contributed by atoms with Crippen molar-refractivity contribution in [3.05, 3.63) is 83.9 Å². The molecule has 3 N–H and O–H groups in total. The summed E-state index contributed by atoms with van der Waals surface area (Å²) in [5.74, 6) is 1.20. The first-order chi connectivity index (χ1) is 16.2. The van der Waals surface area contributed by atoms with Gasteiger partial charge in [0.15, 0.2) is 5.65 Å². The van der Waals surface area contributed by atoms with Gasteiger partial charge in [0.1, 0.15) is 13.7 Å². The number of nitrogens with zero attached hydrogens (tertiary/aromatic N) is 5. The van der Waals surface area contributed by atoms with Gasteiger partial charge in [-0.1, -0.05) is 36.4 Å². The average Bonchev–Trinajstić information content (AvgIpc) is 3.24. The van der Waals surface area contributed by atoms with Crippen LogP contribution in [-0.4, -0.2) is 52.0 Å². The maximum atomic E-state index is 6.51. The van der Waals surface area contributed by atoms with E-state index in [0.717, 1.165) is 49.6 Å². The van der Waals surface area contributed by atoms with Gasteiger partial charge in [-0.25, -0.2) is 4.98 Å². The van der Waals surface area contributed by atoms with Crippen LogP contribution in [0.25, 0.3) is 5.65 Å². The van der Waals surface area contributed by atoms with Gasteiger partial charge in [0, 0.05) is 56.3 Å². The lowest BCUT2D eigenvalue weighted by molar-refractivity contribution is 0.195. The van der Waals surface area contributed by atoms with Crippen LogP contribution in [0, 0.1) is 0 Å². The van der Waals surface area contributed by atoms with Crippen molar-refractivity contribution < 1.29 is 0 Å². The summed E-state index contributed by atoms with van der Waals surface area (Å²) in [6.07, 6.45) is 7.51. The van der Waals surface area contributed by atoms with Crippen LogP contribution in [0.5, 0.6) is 0 Å². The average molecular weight is 437 g/mol. The van der Waals surface area contributed by atoms with Gasteiger partial charge in [-0.15, -0.1) is 0 Å². The molecular formula is C25H28BN7. The number of benzene rings is 1. The summed E-state index contributed by atoms with van der Waals surface area (Å²) in [7, 11) is 6.20. The summed E-state index contributed by atoms with van der Waals surface area (Å²) >= 11 is 0. The zero-order valence-corrected chi connectivity index (χ0v) is 18.6. The van der Waals surface area contributed by atoms with Crippen LogP contribution in [0.4, 0.5) is 5.82 Å².